The van der Waals surface area contributed by atoms with Gasteiger partial charge in [0.2, 0.25) is 0 Å². The Balaban J connectivity index is 4.27. The van der Waals surface area contributed by atoms with Crippen molar-refractivity contribution in [1.29, 1.82) is 0 Å². The number of rotatable bonds is 45. The van der Waals surface area contributed by atoms with Crippen LogP contribution in [-0.4, -0.2) is 59.9 Å². The Labute approximate surface area is 354 Å². The fourth-order valence-corrected chi connectivity index (χ4v) is 7.55. The zero-order valence-corrected chi connectivity index (χ0v) is 38.1. The fourth-order valence-electron chi connectivity index (χ4n) is 6.77. The Hall–Kier alpha value is -1.78. The maximum atomic E-state index is 12.6. The van der Waals surface area contributed by atoms with Crippen LogP contribution < -0.4 is 5.73 Å². The number of unbranched alkanes of at least 4 members (excludes halogenated alkanes) is 29. The first-order valence-corrected chi connectivity index (χ1v) is 25.2. The van der Waals surface area contributed by atoms with Crippen molar-refractivity contribution < 1.29 is 47.5 Å². The second-order valence-electron chi connectivity index (χ2n) is 16.2. The summed E-state index contributed by atoms with van der Waals surface area (Å²) in [5, 5.41) is 8.90. The van der Waals surface area contributed by atoms with Gasteiger partial charge in [0.15, 0.2) is 6.10 Å². The van der Waals surface area contributed by atoms with Crippen LogP contribution in [0.25, 0.3) is 0 Å². The highest BCUT2D eigenvalue weighted by Gasteiger charge is 2.28. The van der Waals surface area contributed by atoms with E-state index in [9.17, 15) is 23.8 Å². The fraction of sp³-hybridized carbons (Fsp3) is 0.891. The lowest BCUT2D eigenvalue weighted by Gasteiger charge is -2.20. The van der Waals surface area contributed by atoms with E-state index in [1.54, 1.807) is 0 Å². The maximum Gasteiger partial charge on any atom is 0.472 e. The van der Waals surface area contributed by atoms with Gasteiger partial charge in [-0.1, -0.05) is 193 Å². The van der Waals surface area contributed by atoms with Crippen molar-refractivity contribution in [2.45, 2.75) is 244 Å². The van der Waals surface area contributed by atoms with Crippen LogP contribution >= 0.6 is 7.82 Å². The van der Waals surface area contributed by atoms with E-state index in [-0.39, 0.29) is 19.4 Å². The van der Waals surface area contributed by atoms with Crippen LogP contribution in [0.3, 0.4) is 0 Å². The van der Waals surface area contributed by atoms with Gasteiger partial charge in [-0.15, -0.1) is 0 Å². The molecular weight excluding hydrogens is 757 g/mol. The quantitative estimate of drug-likeness (QED) is 0.0230. The minimum Gasteiger partial charge on any atom is -0.480 e. The molecule has 12 heteroatoms. The number of phosphoric acid groups is 1. The lowest BCUT2D eigenvalue weighted by Crippen LogP contribution is -2.34. The molecule has 342 valence electrons. The Kier molecular flexibility index (Phi) is 40.6. The zero-order valence-electron chi connectivity index (χ0n) is 37.2. The largest absolute Gasteiger partial charge is 0.480 e. The van der Waals surface area contributed by atoms with E-state index in [0.29, 0.717) is 12.8 Å². The number of carboxylic acid groups (broad SMARTS) is 1. The molecule has 0 saturated heterocycles. The Bertz CT molecular complexity index is 1040. The summed E-state index contributed by atoms with van der Waals surface area (Å²) in [5.41, 5.74) is 5.34. The number of nitrogens with two attached hydrogens (primary N) is 1. The summed E-state index contributed by atoms with van der Waals surface area (Å²) >= 11 is 0. The molecule has 0 heterocycles. The molecule has 0 aromatic rings. The number of esters is 2. The first-order valence-electron chi connectivity index (χ1n) is 23.7. The van der Waals surface area contributed by atoms with Gasteiger partial charge in [0.25, 0.3) is 0 Å². The SMILES string of the molecule is CCCCCCCCCC/C=C\CCCCCCCCCC(=O)OC[C@H](COP(=O)(O)OC[C@H](N)C(=O)O)OC(=O)CCCCCCCCCCCCCCCCC. The highest BCUT2D eigenvalue weighted by Crippen LogP contribution is 2.43. The van der Waals surface area contributed by atoms with Crippen LogP contribution in [0.15, 0.2) is 12.2 Å². The zero-order chi connectivity index (χ0) is 42.8. The van der Waals surface area contributed by atoms with E-state index in [2.05, 4.69) is 30.5 Å². The van der Waals surface area contributed by atoms with Crippen molar-refractivity contribution >= 4 is 25.7 Å². The molecule has 3 atom stereocenters. The molecule has 0 spiro atoms. The third-order valence-electron chi connectivity index (χ3n) is 10.5. The molecule has 0 aliphatic heterocycles. The molecule has 0 aromatic heterocycles. The molecule has 0 fully saturated rings. The predicted octanol–water partition coefficient (Wildman–Crippen LogP) is 12.8. The second kappa shape index (κ2) is 41.9. The number of carboxylic acids is 1. The number of hydrogen-bond donors (Lipinski definition) is 3. The number of ether oxygens (including phenoxy) is 2. The number of phosphoric ester groups is 1. The predicted molar refractivity (Wildman–Crippen MR) is 236 cm³/mol. The van der Waals surface area contributed by atoms with Crippen LogP contribution in [0.4, 0.5) is 0 Å². The number of allylic oxidation sites excluding steroid dienone is 2. The van der Waals surface area contributed by atoms with Gasteiger partial charge in [0.05, 0.1) is 13.2 Å². The summed E-state index contributed by atoms with van der Waals surface area (Å²) < 4.78 is 32.8. The van der Waals surface area contributed by atoms with Crippen LogP contribution in [0.2, 0.25) is 0 Å². The van der Waals surface area contributed by atoms with Crippen LogP contribution in [0, 0.1) is 0 Å². The van der Waals surface area contributed by atoms with E-state index in [1.165, 1.54) is 148 Å². The first kappa shape index (κ1) is 56.2. The lowest BCUT2D eigenvalue weighted by atomic mass is 10.0. The van der Waals surface area contributed by atoms with E-state index in [0.717, 1.165) is 44.9 Å². The van der Waals surface area contributed by atoms with Gasteiger partial charge in [-0.3, -0.25) is 23.4 Å². The van der Waals surface area contributed by atoms with Gasteiger partial charge in [0.1, 0.15) is 12.6 Å². The number of carbonyl (C=O) groups excluding carboxylic acids is 2. The summed E-state index contributed by atoms with van der Waals surface area (Å²) in [6.45, 7) is 2.83. The van der Waals surface area contributed by atoms with E-state index >= 15 is 0 Å². The van der Waals surface area contributed by atoms with Crippen LogP contribution in [0.5, 0.6) is 0 Å². The van der Waals surface area contributed by atoms with Crippen molar-refractivity contribution in [2.75, 3.05) is 19.8 Å². The van der Waals surface area contributed by atoms with E-state index < -0.39 is 51.1 Å². The summed E-state index contributed by atoms with van der Waals surface area (Å²) in [6.07, 6.45) is 42.7. The van der Waals surface area contributed by atoms with Gasteiger partial charge in [0, 0.05) is 12.8 Å². The smallest absolute Gasteiger partial charge is 0.472 e. The van der Waals surface area contributed by atoms with Gasteiger partial charge in [-0.2, -0.15) is 0 Å². The van der Waals surface area contributed by atoms with E-state index in [1.807, 2.05) is 0 Å². The normalized spacial score (nSPS) is 13.7. The first-order chi connectivity index (χ1) is 28.1. The third-order valence-corrected chi connectivity index (χ3v) is 11.5. The van der Waals surface area contributed by atoms with Gasteiger partial charge in [-0.05, 0) is 38.5 Å². The Morgan fingerprint density at radius 3 is 1.26 bits per heavy atom. The average Bonchev–Trinajstić information content (AvgIpc) is 3.20. The minimum absolute atomic E-state index is 0.166. The number of carbonyl (C=O) groups is 3. The summed E-state index contributed by atoms with van der Waals surface area (Å²) in [4.78, 5) is 46.0. The van der Waals surface area contributed by atoms with Crippen molar-refractivity contribution in [2.24, 2.45) is 5.73 Å². The molecule has 1 unspecified atom stereocenters. The molecule has 0 aliphatic carbocycles. The average molecular weight is 846 g/mol. The van der Waals surface area contributed by atoms with Crippen LogP contribution in [-0.2, 0) is 37.5 Å². The van der Waals surface area contributed by atoms with Crippen LogP contribution in [0.1, 0.15) is 232 Å². The standard InChI is InChI=1S/C46H88NO10P/c1-3-5-7-9-11-13-15-17-19-20-21-22-24-25-27-29-31-33-35-37-44(48)54-39-42(40-55-58(52,53)56-41-43(47)46(50)51)57-45(49)38-36-34-32-30-28-26-23-18-16-14-12-10-8-6-4-2/h20-21,42-43H,3-19,22-41,47H2,1-2H3,(H,50,51)(H,52,53)/b21-20-/t42-,43+/m1/s1. The van der Waals surface area contributed by atoms with Gasteiger partial charge < -0.3 is 25.2 Å². The summed E-state index contributed by atoms with van der Waals surface area (Å²) in [5.74, 6) is -2.37. The topological polar surface area (TPSA) is 172 Å². The molecule has 11 nitrogen and oxygen atoms in total. The Morgan fingerprint density at radius 2 is 0.862 bits per heavy atom. The third kappa shape index (κ3) is 41.0. The van der Waals surface area contributed by atoms with Gasteiger partial charge >= 0.3 is 25.7 Å². The maximum absolute atomic E-state index is 12.6. The second-order valence-corrected chi connectivity index (χ2v) is 17.7. The molecule has 4 N–H and O–H groups in total. The highest BCUT2D eigenvalue weighted by molar-refractivity contribution is 7.47. The highest BCUT2D eigenvalue weighted by atomic mass is 31.2. The van der Waals surface area contributed by atoms with Gasteiger partial charge in [-0.25, -0.2) is 4.57 Å². The molecule has 0 amide bonds. The molecule has 0 bridgehead atoms. The summed E-state index contributed by atoms with van der Waals surface area (Å²) in [7, 11) is -4.71. The monoisotopic (exact) mass is 846 g/mol. The minimum atomic E-state index is -4.71. The number of hydrogen-bond acceptors (Lipinski definition) is 9. The molecule has 0 radical (unpaired) electrons. The lowest BCUT2D eigenvalue weighted by molar-refractivity contribution is -0.161. The van der Waals surface area contributed by atoms with Crippen molar-refractivity contribution in [3.05, 3.63) is 12.2 Å². The number of aliphatic carboxylic acids is 1. The Morgan fingerprint density at radius 1 is 0.517 bits per heavy atom. The van der Waals surface area contributed by atoms with Crippen molar-refractivity contribution in [3.63, 3.8) is 0 Å². The molecule has 0 rings (SSSR count). The van der Waals surface area contributed by atoms with Crippen molar-refractivity contribution in [3.8, 4) is 0 Å². The molecule has 0 aliphatic rings. The molecular formula is C46H88NO10P. The van der Waals surface area contributed by atoms with Crippen molar-refractivity contribution in [1.82, 2.24) is 0 Å². The van der Waals surface area contributed by atoms with E-state index in [4.69, 9.17) is 24.8 Å². The summed E-state index contributed by atoms with van der Waals surface area (Å²) in [6, 6.07) is -1.52. The molecule has 58 heavy (non-hydrogen) atoms. The molecule has 0 aromatic carbocycles. The molecule has 0 saturated carbocycles.